The molecular formula is C13H24N4. The summed E-state index contributed by atoms with van der Waals surface area (Å²) in [6.45, 7) is 11.9. The van der Waals surface area contributed by atoms with Crippen LogP contribution in [0, 0.1) is 19.3 Å². The number of aryl methyl sites for hydroxylation is 2. The van der Waals surface area contributed by atoms with E-state index in [4.69, 9.17) is 0 Å². The highest BCUT2D eigenvalue weighted by molar-refractivity contribution is 5.02. The molecule has 96 valence electrons. The van der Waals surface area contributed by atoms with Crippen LogP contribution >= 0.6 is 0 Å². The Labute approximate surface area is 104 Å². The van der Waals surface area contributed by atoms with Crippen molar-refractivity contribution >= 4 is 0 Å². The molecule has 4 heteroatoms. The van der Waals surface area contributed by atoms with Crippen LogP contribution < -0.4 is 5.32 Å². The summed E-state index contributed by atoms with van der Waals surface area (Å²) in [6.07, 6.45) is 2.43. The van der Waals surface area contributed by atoms with Gasteiger partial charge in [0.15, 0.2) is 0 Å². The summed E-state index contributed by atoms with van der Waals surface area (Å²) in [7, 11) is 0. The monoisotopic (exact) mass is 236 g/mol. The van der Waals surface area contributed by atoms with E-state index in [0.717, 1.165) is 18.2 Å². The van der Waals surface area contributed by atoms with Crippen LogP contribution in [-0.2, 0) is 0 Å². The van der Waals surface area contributed by atoms with Crippen LogP contribution in [0.2, 0.25) is 0 Å². The molecule has 1 N–H and O–H groups in total. The van der Waals surface area contributed by atoms with Gasteiger partial charge in [-0.05, 0) is 38.6 Å². The van der Waals surface area contributed by atoms with Gasteiger partial charge in [0.25, 0.3) is 0 Å². The molecule has 1 saturated carbocycles. The number of nitrogens with one attached hydrogen (secondary N) is 1. The van der Waals surface area contributed by atoms with Gasteiger partial charge in [-0.1, -0.05) is 20.8 Å². The Kier molecular flexibility index (Phi) is 3.25. The lowest BCUT2D eigenvalue weighted by molar-refractivity contribution is 0.242. The average molecular weight is 236 g/mol. The molecule has 1 aliphatic carbocycles. The summed E-state index contributed by atoms with van der Waals surface area (Å²) in [5.74, 6) is 1.91. The first-order chi connectivity index (χ1) is 7.95. The summed E-state index contributed by atoms with van der Waals surface area (Å²) < 4.78 is 2.12. The number of rotatable bonds is 3. The lowest BCUT2D eigenvalue weighted by Crippen LogP contribution is -2.43. The molecule has 1 aromatic heterocycles. The molecule has 17 heavy (non-hydrogen) atoms. The van der Waals surface area contributed by atoms with Crippen LogP contribution in [0.3, 0.4) is 0 Å². The van der Waals surface area contributed by atoms with E-state index >= 15 is 0 Å². The van der Waals surface area contributed by atoms with Crippen LogP contribution in [0.25, 0.3) is 0 Å². The third-order valence-corrected chi connectivity index (χ3v) is 3.96. The van der Waals surface area contributed by atoms with Gasteiger partial charge in [0.05, 0.1) is 6.04 Å². The number of aromatic nitrogens is 3. The first-order valence-corrected chi connectivity index (χ1v) is 6.59. The highest BCUT2D eigenvalue weighted by Crippen LogP contribution is 2.43. The van der Waals surface area contributed by atoms with E-state index in [1.54, 1.807) is 0 Å². The first kappa shape index (κ1) is 12.6. The maximum absolute atomic E-state index is 4.56. The Morgan fingerprint density at radius 3 is 2.65 bits per heavy atom. The normalized spacial score (nSPS) is 27.6. The molecule has 2 atom stereocenters. The Hall–Kier alpha value is -0.900. The van der Waals surface area contributed by atoms with Crippen LogP contribution in [0.4, 0.5) is 0 Å². The largest absolute Gasteiger partial charge is 0.312 e. The van der Waals surface area contributed by atoms with Gasteiger partial charge in [-0.3, -0.25) is 0 Å². The smallest absolute Gasteiger partial charge is 0.147 e. The third kappa shape index (κ3) is 2.23. The number of nitrogens with zero attached hydrogens (tertiary/aromatic N) is 3. The minimum Gasteiger partial charge on any atom is -0.312 e. The average Bonchev–Trinajstić information content (AvgIpc) is 2.69. The molecule has 1 heterocycles. The minimum absolute atomic E-state index is 0.340. The van der Waals surface area contributed by atoms with Gasteiger partial charge in [0.1, 0.15) is 11.6 Å². The quantitative estimate of drug-likeness (QED) is 0.875. The zero-order chi connectivity index (χ0) is 12.6. The van der Waals surface area contributed by atoms with Crippen molar-refractivity contribution in [2.75, 3.05) is 6.54 Å². The predicted octanol–water partition coefficient (Wildman–Crippen LogP) is 2.23. The van der Waals surface area contributed by atoms with Crippen molar-refractivity contribution in [2.45, 2.75) is 59.5 Å². The molecule has 0 amide bonds. The Balaban J connectivity index is 2.29. The van der Waals surface area contributed by atoms with Crippen molar-refractivity contribution < 1.29 is 0 Å². The molecule has 1 aliphatic rings. The van der Waals surface area contributed by atoms with E-state index in [2.05, 4.69) is 40.9 Å². The molecule has 0 radical (unpaired) electrons. The summed E-state index contributed by atoms with van der Waals surface area (Å²) in [5, 5.41) is 8.19. The maximum Gasteiger partial charge on any atom is 0.147 e. The lowest BCUT2D eigenvalue weighted by atomic mass is 9.86. The molecule has 2 rings (SSSR count). The Morgan fingerprint density at radius 2 is 2.12 bits per heavy atom. The van der Waals surface area contributed by atoms with Crippen LogP contribution in [-0.4, -0.2) is 27.4 Å². The second-order valence-electron chi connectivity index (χ2n) is 5.78. The van der Waals surface area contributed by atoms with E-state index in [9.17, 15) is 0 Å². The molecule has 1 aromatic rings. The number of hydrogen-bond donors (Lipinski definition) is 1. The topological polar surface area (TPSA) is 42.7 Å². The van der Waals surface area contributed by atoms with Crippen molar-refractivity contribution in [3.63, 3.8) is 0 Å². The second kappa shape index (κ2) is 4.41. The number of likely N-dealkylation sites (N-methyl/N-ethyl adjacent to an activating group) is 1. The van der Waals surface area contributed by atoms with Crippen LogP contribution in [0.1, 0.15) is 51.3 Å². The van der Waals surface area contributed by atoms with Gasteiger partial charge in [0.2, 0.25) is 0 Å². The summed E-state index contributed by atoms with van der Waals surface area (Å²) >= 11 is 0. The zero-order valence-electron chi connectivity index (χ0n) is 11.6. The summed E-state index contributed by atoms with van der Waals surface area (Å²) in [5.41, 5.74) is 0.340. The van der Waals surface area contributed by atoms with Crippen LogP contribution in [0.15, 0.2) is 0 Å². The molecule has 2 unspecified atom stereocenters. The van der Waals surface area contributed by atoms with Gasteiger partial charge >= 0.3 is 0 Å². The van der Waals surface area contributed by atoms with Crippen molar-refractivity contribution in [2.24, 2.45) is 5.41 Å². The van der Waals surface area contributed by atoms with E-state index < -0.39 is 0 Å². The summed E-state index contributed by atoms with van der Waals surface area (Å²) in [6, 6.07) is 0.943. The van der Waals surface area contributed by atoms with Gasteiger partial charge in [-0.2, -0.15) is 5.10 Å². The number of hydrogen-bond acceptors (Lipinski definition) is 3. The molecule has 0 bridgehead atoms. The highest BCUT2D eigenvalue weighted by atomic mass is 15.4. The molecular weight excluding hydrogens is 212 g/mol. The van der Waals surface area contributed by atoms with Crippen molar-refractivity contribution in [1.82, 2.24) is 20.1 Å². The Morgan fingerprint density at radius 1 is 1.41 bits per heavy atom. The van der Waals surface area contributed by atoms with Gasteiger partial charge in [-0.15, -0.1) is 0 Å². The molecule has 0 aromatic carbocycles. The molecule has 0 saturated heterocycles. The lowest BCUT2D eigenvalue weighted by Gasteiger charge is -2.31. The highest BCUT2D eigenvalue weighted by Gasteiger charge is 2.43. The van der Waals surface area contributed by atoms with Crippen LogP contribution in [0.5, 0.6) is 0 Å². The van der Waals surface area contributed by atoms with E-state index in [0.29, 0.717) is 17.5 Å². The fourth-order valence-corrected chi connectivity index (χ4v) is 3.11. The van der Waals surface area contributed by atoms with Crippen molar-refractivity contribution in [1.29, 1.82) is 0 Å². The SMILES string of the molecule is CCNC1C(n2nc(C)nc2C)CCC1(C)C. The van der Waals surface area contributed by atoms with Gasteiger partial charge in [0, 0.05) is 6.04 Å². The minimum atomic E-state index is 0.340. The summed E-state index contributed by atoms with van der Waals surface area (Å²) in [4.78, 5) is 4.42. The molecule has 0 spiro atoms. The molecule has 0 aliphatic heterocycles. The molecule has 1 fully saturated rings. The van der Waals surface area contributed by atoms with E-state index in [1.165, 1.54) is 12.8 Å². The Bertz CT molecular complexity index is 394. The van der Waals surface area contributed by atoms with E-state index in [-0.39, 0.29) is 0 Å². The third-order valence-electron chi connectivity index (χ3n) is 3.96. The standard InChI is InChI=1S/C13H24N4/c1-6-14-12-11(7-8-13(12,4)5)17-10(3)15-9(2)16-17/h11-12,14H,6-8H2,1-5H3. The molecule has 4 nitrogen and oxygen atoms in total. The van der Waals surface area contributed by atoms with Crippen molar-refractivity contribution in [3.8, 4) is 0 Å². The fraction of sp³-hybridized carbons (Fsp3) is 0.846. The first-order valence-electron chi connectivity index (χ1n) is 6.59. The maximum atomic E-state index is 4.56. The second-order valence-corrected chi connectivity index (χ2v) is 5.78. The van der Waals surface area contributed by atoms with Crippen molar-refractivity contribution in [3.05, 3.63) is 11.6 Å². The predicted molar refractivity (Wildman–Crippen MR) is 69.0 cm³/mol. The zero-order valence-corrected chi connectivity index (χ0v) is 11.6. The van der Waals surface area contributed by atoms with E-state index in [1.807, 2.05) is 13.8 Å². The van der Waals surface area contributed by atoms with Gasteiger partial charge < -0.3 is 5.32 Å². The fourth-order valence-electron chi connectivity index (χ4n) is 3.11. The van der Waals surface area contributed by atoms with Gasteiger partial charge in [-0.25, -0.2) is 9.67 Å².